The van der Waals surface area contributed by atoms with Crippen LogP contribution in [0.15, 0.2) is 78.0 Å². The first-order valence-corrected chi connectivity index (χ1v) is 13.5. The number of carbonyl (C=O) groups is 2. The zero-order chi connectivity index (χ0) is 30.0. The Morgan fingerprint density at radius 1 is 1.07 bits per heavy atom. The Kier molecular flexibility index (Phi) is 7.98. The van der Waals surface area contributed by atoms with E-state index in [0.29, 0.717) is 34.0 Å². The minimum absolute atomic E-state index is 0.0694. The molecular formula is C28H22F4N6O3S. The molecule has 0 radical (unpaired) electrons. The number of ether oxygens (including phenoxy) is 1. The lowest BCUT2D eigenvalue weighted by Crippen LogP contribution is -2.31. The largest absolute Gasteiger partial charge is 0.573 e. The van der Waals surface area contributed by atoms with Gasteiger partial charge in [0.1, 0.15) is 17.9 Å². The molecule has 3 aromatic carbocycles. The summed E-state index contributed by atoms with van der Waals surface area (Å²) in [6.07, 6.45) is -3.37. The van der Waals surface area contributed by atoms with Crippen molar-refractivity contribution in [1.29, 1.82) is 0 Å². The molecule has 1 aliphatic heterocycles. The van der Waals surface area contributed by atoms with Gasteiger partial charge in [0.2, 0.25) is 5.91 Å². The van der Waals surface area contributed by atoms with Crippen molar-refractivity contribution in [3.05, 3.63) is 84.4 Å². The highest BCUT2D eigenvalue weighted by Gasteiger charge is 2.33. The first kappa shape index (κ1) is 28.8. The summed E-state index contributed by atoms with van der Waals surface area (Å²) in [5, 5.41) is 7.14. The molecule has 1 saturated heterocycles. The highest BCUT2D eigenvalue weighted by Crippen LogP contribution is 2.35. The Hall–Kier alpha value is -4.72. The van der Waals surface area contributed by atoms with Crippen molar-refractivity contribution in [2.45, 2.75) is 26.1 Å². The van der Waals surface area contributed by atoms with Gasteiger partial charge in [-0.15, -0.1) is 18.3 Å². The fraction of sp³-hybridized carbons (Fsp3) is 0.179. The summed E-state index contributed by atoms with van der Waals surface area (Å²) in [5.74, 6) is -0.886. The van der Waals surface area contributed by atoms with Crippen molar-refractivity contribution in [1.82, 2.24) is 14.8 Å². The number of nitrogens with zero attached hydrogens (tertiary/aromatic N) is 5. The van der Waals surface area contributed by atoms with Crippen LogP contribution in [0.4, 0.5) is 33.7 Å². The zero-order valence-electron chi connectivity index (χ0n) is 22.1. The molecule has 0 saturated carbocycles. The normalized spacial score (nSPS) is 14.6. The lowest BCUT2D eigenvalue weighted by Gasteiger charge is -2.22. The molecule has 0 bridgehead atoms. The van der Waals surface area contributed by atoms with E-state index in [1.54, 1.807) is 30.3 Å². The van der Waals surface area contributed by atoms with Crippen molar-refractivity contribution in [2.75, 3.05) is 16.0 Å². The van der Waals surface area contributed by atoms with Crippen molar-refractivity contribution in [2.24, 2.45) is 4.99 Å². The van der Waals surface area contributed by atoms with Crippen LogP contribution in [0.2, 0.25) is 0 Å². The highest BCUT2D eigenvalue weighted by atomic mass is 32.2. The number of urea groups is 1. The number of aromatic nitrogens is 3. The third kappa shape index (κ3) is 6.43. The summed E-state index contributed by atoms with van der Waals surface area (Å²) in [7, 11) is 0. The predicted molar refractivity (Wildman–Crippen MR) is 150 cm³/mol. The lowest BCUT2D eigenvalue weighted by molar-refractivity contribution is -0.274. The first-order chi connectivity index (χ1) is 20.0. The molecule has 0 spiro atoms. The standard InChI is InChI=1S/C28H22F4N6O3S/c1-16(2)24-21(29)4-3-5-22(24)38-23(39)14-42-27(38)35-26(40)34-18-8-6-17(7-9-18)25-33-15-37(36-25)19-10-12-20(13-11-19)41-28(30,31)32/h3-13,15-16H,14H2,1-2H3,(H,34,40). The first-order valence-electron chi connectivity index (χ1n) is 12.5. The second-order valence-electron chi connectivity index (χ2n) is 9.30. The number of carbonyl (C=O) groups excluding carboxylic acids is 2. The van der Waals surface area contributed by atoms with Gasteiger partial charge < -0.3 is 10.1 Å². The van der Waals surface area contributed by atoms with Gasteiger partial charge in [0.15, 0.2) is 11.0 Å². The van der Waals surface area contributed by atoms with E-state index in [-0.39, 0.29) is 28.5 Å². The predicted octanol–water partition coefficient (Wildman–Crippen LogP) is 6.76. The molecule has 1 fully saturated rings. The van der Waals surface area contributed by atoms with E-state index >= 15 is 0 Å². The average molecular weight is 599 g/mol. The van der Waals surface area contributed by atoms with Crippen LogP contribution >= 0.6 is 11.8 Å². The number of nitrogens with one attached hydrogen (secondary N) is 1. The maximum absolute atomic E-state index is 14.6. The van der Waals surface area contributed by atoms with Gasteiger partial charge in [-0.2, -0.15) is 4.99 Å². The minimum atomic E-state index is -4.78. The van der Waals surface area contributed by atoms with Crippen LogP contribution in [-0.2, 0) is 4.79 Å². The maximum Gasteiger partial charge on any atom is 0.573 e. The topological polar surface area (TPSA) is 102 Å². The summed E-state index contributed by atoms with van der Waals surface area (Å²) in [4.78, 5) is 35.0. The quantitative estimate of drug-likeness (QED) is 0.246. The van der Waals surface area contributed by atoms with Crippen LogP contribution < -0.4 is 15.0 Å². The van der Waals surface area contributed by atoms with E-state index in [2.05, 4.69) is 25.1 Å². The van der Waals surface area contributed by atoms with E-state index in [9.17, 15) is 27.2 Å². The number of aliphatic imine (C=N–C) groups is 1. The molecule has 0 aliphatic carbocycles. The number of amides is 3. The van der Waals surface area contributed by atoms with Gasteiger partial charge >= 0.3 is 12.4 Å². The van der Waals surface area contributed by atoms with Crippen LogP contribution in [0.25, 0.3) is 17.1 Å². The number of benzene rings is 3. The summed E-state index contributed by atoms with van der Waals surface area (Å²) in [5.41, 5.74) is 2.23. The Balaban J connectivity index is 1.27. The SMILES string of the molecule is CC(C)c1c(F)cccc1N1C(=O)CSC1=NC(=O)Nc1ccc(-c2ncn(-c3ccc(OC(F)(F)F)cc3)n2)cc1. The molecule has 1 aliphatic rings. The van der Waals surface area contributed by atoms with Gasteiger partial charge in [0.25, 0.3) is 0 Å². The summed E-state index contributed by atoms with van der Waals surface area (Å²) >= 11 is 1.09. The number of hydrogen-bond acceptors (Lipinski definition) is 6. The maximum atomic E-state index is 14.6. The fourth-order valence-electron chi connectivity index (χ4n) is 4.24. The van der Waals surface area contributed by atoms with Crippen LogP contribution in [-0.4, -0.2) is 44.0 Å². The van der Waals surface area contributed by atoms with Crippen LogP contribution in [0.1, 0.15) is 25.3 Å². The zero-order valence-corrected chi connectivity index (χ0v) is 22.9. The third-order valence-corrected chi connectivity index (χ3v) is 6.96. The van der Waals surface area contributed by atoms with Crippen molar-refractivity contribution >= 4 is 40.2 Å². The van der Waals surface area contributed by atoms with Crippen LogP contribution in [0.3, 0.4) is 0 Å². The van der Waals surface area contributed by atoms with E-state index < -0.39 is 18.2 Å². The molecule has 0 unspecified atom stereocenters. The third-order valence-electron chi connectivity index (χ3n) is 6.03. The highest BCUT2D eigenvalue weighted by molar-refractivity contribution is 8.15. The average Bonchev–Trinajstić information content (AvgIpc) is 3.55. The second kappa shape index (κ2) is 11.6. The molecule has 1 N–H and O–H groups in total. The van der Waals surface area contributed by atoms with Crippen LogP contribution in [0.5, 0.6) is 5.75 Å². The van der Waals surface area contributed by atoms with E-state index in [1.165, 1.54) is 52.3 Å². The summed E-state index contributed by atoms with van der Waals surface area (Å²) < 4.78 is 57.0. The molecule has 216 valence electrons. The van der Waals surface area contributed by atoms with Gasteiger partial charge in [0, 0.05) is 16.8 Å². The van der Waals surface area contributed by atoms with E-state index in [1.807, 2.05) is 13.8 Å². The monoisotopic (exact) mass is 598 g/mol. The molecule has 0 atom stereocenters. The Bertz CT molecular complexity index is 1650. The van der Waals surface area contributed by atoms with Gasteiger partial charge in [-0.25, -0.2) is 18.9 Å². The summed E-state index contributed by atoms with van der Waals surface area (Å²) in [6.45, 7) is 3.63. The molecule has 1 aromatic heterocycles. The van der Waals surface area contributed by atoms with E-state index in [0.717, 1.165) is 11.8 Å². The van der Waals surface area contributed by atoms with Gasteiger partial charge in [-0.1, -0.05) is 31.7 Å². The molecule has 4 aromatic rings. The smallest absolute Gasteiger partial charge is 0.406 e. The van der Waals surface area contributed by atoms with Crippen molar-refractivity contribution < 1.29 is 31.9 Å². The van der Waals surface area contributed by atoms with Crippen molar-refractivity contribution in [3.63, 3.8) is 0 Å². The minimum Gasteiger partial charge on any atom is -0.406 e. The Labute approximate surface area is 241 Å². The number of hydrogen-bond donors (Lipinski definition) is 1. The second-order valence-corrected chi connectivity index (χ2v) is 10.2. The number of rotatable bonds is 6. The van der Waals surface area contributed by atoms with Gasteiger partial charge in [-0.05, 0) is 66.6 Å². The summed E-state index contributed by atoms with van der Waals surface area (Å²) in [6, 6.07) is 15.5. The molecule has 14 heteroatoms. The Morgan fingerprint density at radius 3 is 2.45 bits per heavy atom. The number of amidine groups is 1. The van der Waals surface area contributed by atoms with Crippen molar-refractivity contribution in [3.8, 4) is 22.8 Å². The van der Waals surface area contributed by atoms with Gasteiger partial charge in [-0.3, -0.25) is 9.69 Å². The number of alkyl halides is 3. The molecule has 3 amide bonds. The fourth-order valence-corrected chi connectivity index (χ4v) is 5.09. The van der Waals surface area contributed by atoms with E-state index in [4.69, 9.17) is 0 Å². The van der Waals surface area contributed by atoms with Crippen LogP contribution in [0, 0.1) is 5.82 Å². The number of anilines is 2. The Morgan fingerprint density at radius 2 is 1.79 bits per heavy atom. The lowest BCUT2D eigenvalue weighted by atomic mass is 10.00. The molecule has 42 heavy (non-hydrogen) atoms. The molecular weight excluding hydrogens is 576 g/mol. The van der Waals surface area contributed by atoms with Gasteiger partial charge in [0.05, 0.1) is 17.1 Å². The molecule has 9 nitrogen and oxygen atoms in total. The number of thioether (sulfide) groups is 1. The number of halogens is 4. The molecule has 5 rings (SSSR count). The molecule has 2 heterocycles.